The maximum atomic E-state index is 15.0. The molecule has 3 heterocycles. The SMILES string of the molecule is Fc1ccc(N(c2cc3c4cc(N(c5ccc(F)cc5)c5cccc6c5oc5c(-c7ccccc7)cccc56)c5ccccc5c4oc3c3ccccc23)c2cccc3c2oc2c(-c4ccccc4)cccc23)cc1. The molecule has 0 fully saturated rings. The van der Waals surface area contributed by atoms with Crippen LogP contribution in [0.15, 0.2) is 256 Å². The van der Waals surface area contributed by atoms with Crippen molar-refractivity contribution in [2.75, 3.05) is 9.80 Å². The molecular weight excluding hydrogens is 931 g/mol. The van der Waals surface area contributed by atoms with Crippen LogP contribution < -0.4 is 9.80 Å². The average molecular weight is 971 g/mol. The van der Waals surface area contributed by atoms with Gasteiger partial charge in [0, 0.05) is 76.4 Å². The van der Waals surface area contributed by atoms with E-state index in [0.717, 1.165) is 133 Å². The monoisotopic (exact) mass is 970 g/mol. The highest BCUT2D eigenvalue weighted by Crippen LogP contribution is 2.52. The normalized spacial score (nSPS) is 11.9. The van der Waals surface area contributed by atoms with Crippen molar-refractivity contribution in [2.24, 2.45) is 0 Å². The summed E-state index contributed by atoms with van der Waals surface area (Å²) < 4.78 is 51.3. The lowest BCUT2D eigenvalue weighted by Gasteiger charge is -2.27. The van der Waals surface area contributed by atoms with Crippen molar-refractivity contribution in [1.29, 1.82) is 0 Å². The number of benzene rings is 12. The lowest BCUT2D eigenvalue weighted by atomic mass is 9.99. The second kappa shape index (κ2) is 16.8. The van der Waals surface area contributed by atoms with Gasteiger partial charge in [-0.1, -0.05) is 170 Å². The third-order valence-corrected chi connectivity index (χ3v) is 14.8. The Morgan fingerprint density at radius 1 is 0.240 bits per heavy atom. The number of para-hydroxylation sites is 4. The number of nitrogens with zero attached hydrogens (tertiary/aromatic N) is 2. The van der Waals surface area contributed by atoms with Crippen LogP contribution in [0, 0.1) is 11.6 Å². The van der Waals surface area contributed by atoms with E-state index >= 15 is 0 Å². The smallest absolute Gasteiger partial charge is 0.159 e. The number of rotatable bonds is 8. The zero-order valence-corrected chi connectivity index (χ0v) is 40.0. The molecule has 7 heteroatoms. The van der Waals surface area contributed by atoms with E-state index in [2.05, 4.69) is 143 Å². The Hall–Kier alpha value is -9.98. The molecule has 12 aromatic carbocycles. The van der Waals surface area contributed by atoms with Crippen molar-refractivity contribution in [3.05, 3.63) is 254 Å². The summed E-state index contributed by atoms with van der Waals surface area (Å²) in [5.41, 5.74) is 13.2. The molecule has 0 bridgehead atoms. The van der Waals surface area contributed by atoms with E-state index in [-0.39, 0.29) is 11.6 Å². The summed E-state index contributed by atoms with van der Waals surface area (Å²) in [5, 5.41) is 9.30. The van der Waals surface area contributed by atoms with Gasteiger partial charge in [0.15, 0.2) is 11.2 Å². The number of anilines is 6. The zero-order valence-electron chi connectivity index (χ0n) is 40.0. The third-order valence-electron chi connectivity index (χ3n) is 14.8. The Morgan fingerprint density at radius 3 is 0.973 bits per heavy atom. The molecule has 0 saturated carbocycles. The van der Waals surface area contributed by atoms with Gasteiger partial charge in [-0.25, -0.2) is 8.78 Å². The average Bonchev–Trinajstić information content (AvgIpc) is 4.18. The van der Waals surface area contributed by atoms with E-state index in [4.69, 9.17) is 13.3 Å². The van der Waals surface area contributed by atoms with E-state index in [0.29, 0.717) is 11.2 Å². The topological polar surface area (TPSA) is 45.9 Å². The molecule has 0 amide bonds. The summed E-state index contributed by atoms with van der Waals surface area (Å²) in [6, 6.07) is 79.7. The Labute approximate surface area is 427 Å². The lowest BCUT2D eigenvalue weighted by Crippen LogP contribution is -2.11. The van der Waals surface area contributed by atoms with Crippen LogP contribution in [0.25, 0.3) is 110 Å². The molecule has 0 aliphatic heterocycles. The molecule has 0 spiro atoms. The van der Waals surface area contributed by atoms with Crippen molar-refractivity contribution in [2.45, 2.75) is 0 Å². The Kier molecular flexibility index (Phi) is 9.56. The number of fused-ring (bicyclic) bond motifs is 13. The van der Waals surface area contributed by atoms with Crippen LogP contribution in [-0.2, 0) is 0 Å². The summed E-state index contributed by atoms with van der Waals surface area (Å²) in [5.74, 6) is -0.677. The van der Waals surface area contributed by atoms with Gasteiger partial charge < -0.3 is 23.1 Å². The summed E-state index contributed by atoms with van der Waals surface area (Å²) in [7, 11) is 0. The first-order valence-corrected chi connectivity index (χ1v) is 24.9. The first kappa shape index (κ1) is 42.7. The summed E-state index contributed by atoms with van der Waals surface area (Å²) in [6.45, 7) is 0. The van der Waals surface area contributed by atoms with E-state index in [1.807, 2.05) is 84.9 Å². The first-order valence-electron chi connectivity index (χ1n) is 24.9. The maximum absolute atomic E-state index is 15.0. The number of hydrogen-bond donors (Lipinski definition) is 0. The summed E-state index contributed by atoms with van der Waals surface area (Å²) in [6.07, 6.45) is 0. The zero-order chi connectivity index (χ0) is 49.7. The fourth-order valence-corrected chi connectivity index (χ4v) is 11.4. The van der Waals surface area contributed by atoms with Gasteiger partial charge >= 0.3 is 0 Å². The molecule has 0 saturated heterocycles. The van der Waals surface area contributed by atoms with Gasteiger partial charge in [-0.15, -0.1) is 0 Å². The van der Waals surface area contributed by atoms with Crippen LogP contribution >= 0.6 is 0 Å². The van der Waals surface area contributed by atoms with Crippen molar-refractivity contribution in [3.63, 3.8) is 0 Å². The fourth-order valence-electron chi connectivity index (χ4n) is 11.4. The standard InChI is InChI=1S/C68H40F2N2O3/c69-43-31-35-45(36-32-43)71(59-29-13-27-55-53-25-11-23-47(63(53)74-67(55)59)41-15-3-1-4-16-41)61-39-57-58-40-62(50-20-8-10-22-52(50)66(58)73-65(57)51-21-9-7-19-49(51)61)72(46-37-33-44(70)34-38-46)60-30-14-28-56-54-26-12-24-48(64(54)75-68(56)60)42-17-5-2-6-18-42/h1-40H. The highest BCUT2D eigenvalue weighted by Gasteiger charge is 2.28. The van der Waals surface area contributed by atoms with Crippen LogP contribution in [0.3, 0.4) is 0 Å². The molecule has 0 aliphatic carbocycles. The van der Waals surface area contributed by atoms with Crippen molar-refractivity contribution >= 4 is 121 Å². The van der Waals surface area contributed by atoms with Gasteiger partial charge in [-0.2, -0.15) is 0 Å². The Balaban J connectivity index is 1.01. The molecule has 0 radical (unpaired) electrons. The predicted molar refractivity (Wildman–Crippen MR) is 303 cm³/mol. The first-order chi connectivity index (χ1) is 37.0. The number of hydrogen-bond acceptors (Lipinski definition) is 5. The lowest BCUT2D eigenvalue weighted by molar-refractivity contribution is 0.627. The van der Waals surface area contributed by atoms with Gasteiger partial charge in [-0.05, 0) is 83.9 Å². The molecule has 354 valence electrons. The van der Waals surface area contributed by atoms with Gasteiger partial charge in [0.2, 0.25) is 0 Å². The van der Waals surface area contributed by atoms with Gasteiger partial charge in [0.1, 0.15) is 34.0 Å². The molecule has 75 heavy (non-hydrogen) atoms. The molecule has 0 unspecified atom stereocenters. The highest BCUT2D eigenvalue weighted by atomic mass is 19.1. The van der Waals surface area contributed by atoms with Crippen LogP contribution in [0.1, 0.15) is 0 Å². The molecule has 5 nitrogen and oxygen atoms in total. The number of furan rings is 3. The Morgan fingerprint density at radius 2 is 0.560 bits per heavy atom. The quantitative estimate of drug-likeness (QED) is 0.152. The molecule has 0 aliphatic rings. The minimum atomic E-state index is -0.339. The van der Waals surface area contributed by atoms with Gasteiger partial charge in [0.05, 0.1) is 22.7 Å². The number of halogens is 2. The van der Waals surface area contributed by atoms with Crippen LogP contribution in [0.2, 0.25) is 0 Å². The van der Waals surface area contributed by atoms with Gasteiger partial charge in [-0.3, -0.25) is 0 Å². The maximum Gasteiger partial charge on any atom is 0.159 e. The summed E-state index contributed by atoms with van der Waals surface area (Å²) in [4.78, 5) is 4.34. The molecule has 15 aromatic rings. The van der Waals surface area contributed by atoms with E-state index in [9.17, 15) is 8.78 Å². The van der Waals surface area contributed by atoms with E-state index in [1.165, 1.54) is 24.3 Å². The minimum absolute atomic E-state index is 0.339. The minimum Gasteiger partial charge on any atom is -0.455 e. The van der Waals surface area contributed by atoms with Crippen LogP contribution in [0.4, 0.5) is 42.9 Å². The second-order valence-corrected chi connectivity index (χ2v) is 19.0. The molecule has 0 N–H and O–H groups in total. The van der Waals surface area contributed by atoms with Crippen LogP contribution in [-0.4, -0.2) is 0 Å². The molecule has 0 atom stereocenters. The molecule has 3 aromatic heterocycles. The molecular formula is C68H40F2N2O3. The van der Waals surface area contributed by atoms with E-state index < -0.39 is 0 Å². The van der Waals surface area contributed by atoms with Crippen LogP contribution in [0.5, 0.6) is 0 Å². The highest BCUT2D eigenvalue weighted by molar-refractivity contribution is 6.26. The predicted octanol–water partition coefficient (Wildman–Crippen LogP) is 20.2. The third kappa shape index (κ3) is 6.68. The largest absolute Gasteiger partial charge is 0.455 e. The van der Waals surface area contributed by atoms with E-state index in [1.54, 1.807) is 0 Å². The fraction of sp³-hybridized carbons (Fsp3) is 0. The summed E-state index contributed by atoms with van der Waals surface area (Å²) >= 11 is 0. The Bertz CT molecular complexity index is 4430. The van der Waals surface area contributed by atoms with Gasteiger partial charge in [0.25, 0.3) is 0 Å². The molecule has 15 rings (SSSR count). The van der Waals surface area contributed by atoms with Crippen molar-refractivity contribution in [1.82, 2.24) is 0 Å². The van der Waals surface area contributed by atoms with Crippen molar-refractivity contribution < 1.29 is 22.0 Å². The second-order valence-electron chi connectivity index (χ2n) is 19.0. The van der Waals surface area contributed by atoms with Crippen molar-refractivity contribution in [3.8, 4) is 22.3 Å².